The van der Waals surface area contributed by atoms with Crippen LogP contribution in [0.1, 0.15) is 16.8 Å². The van der Waals surface area contributed by atoms with Gasteiger partial charge < -0.3 is 10.1 Å². The number of benzene rings is 2. The average Bonchev–Trinajstić information content (AvgIpc) is 3.24. The van der Waals surface area contributed by atoms with E-state index in [2.05, 4.69) is 17.4 Å². The molecular formula is C20H20FN3O. The van der Waals surface area contributed by atoms with Crippen molar-refractivity contribution in [1.29, 1.82) is 0 Å². The zero-order valence-corrected chi connectivity index (χ0v) is 14.1. The first-order chi connectivity index (χ1) is 12.2. The molecule has 2 heterocycles. The molecule has 0 saturated heterocycles. The molecule has 0 saturated carbocycles. The molecule has 2 aromatic carbocycles. The number of ether oxygens (including phenoxy) is 1. The molecule has 4 nitrogen and oxygen atoms in total. The van der Waals surface area contributed by atoms with Gasteiger partial charge in [0.25, 0.3) is 0 Å². The van der Waals surface area contributed by atoms with Crippen molar-refractivity contribution in [3.63, 3.8) is 0 Å². The van der Waals surface area contributed by atoms with E-state index < -0.39 is 0 Å². The van der Waals surface area contributed by atoms with Crippen LogP contribution in [0.15, 0.2) is 48.5 Å². The second-order valence-corrected chi connectivity index (χ2v) is 6.19. The average molecular weight is 337 g/mol. The fraction of sp³-hybridized carbons (Fsp3) is 0.250. The third kappa shape index (κ3) is 3.09. The minimum absolute atomic E-state index is 0.236. The van der Waals surface area contributed by atoms with Crippen LogP contribution < -0.4 is 10.1 Å². The minimum Gasteiger partial charge on any atom is -0.497 e. The SMILES string of the molecule is COc1ccc(CCc2nn(-c3ccc(F)cc3)c3c2CCN3)cc1. The Labute approximate surface area is 146 Å². The molecule has 0 aliphatic carbocycles. The van der Waals surface area contributed by atoms with Crippen LogP contribution in [-0.4, -0.2) is 23.4 Å². The number of nitrogens with one attached hydrogen (secondary N) is 1. The van der Waals surface area contributed by atoms with Crippen molar-refractivity contribution >= 4 is 5.82 Å². The molecule has 0 fully saturated rings. The van der Waals surface area contributed by atoms with Gasteiger partial charge in [0.15, 0.2) is 0 Å². The van der Waals surface area contributed by atoms with Crippen molar-refractivity contribution in [2.75, 3.05) is 19.0 Å². The lowest BCUT2D eigenvalue weighted by Crippen LogP contribution is -2.05. The van der Waals surface area contributed by atoms with E-state index in [1.54, 1.807) is 19.2 Å². The van der Waals surface area contributed by atoms with Crippen molar-refractivity contribution in [2.24, 2.45) is 0 Å². The number of nitrogens with zero attached hydrogens (tertiary/aromatic N) is 2. The number of methoxy groups -OCH3 is 1. The van der Waals surface area contributed by atoms with E-state index in [9.17, 15) is 4.39 Å². The number of halogens is 1. The molecule has 0 spiro atoms. The van der Waals surface area contributed by atoms with Gasteiger partial charge in [-0.15, -0.1) is 0 Å². The summed E-state index contributed by atoms with van der Waals surface area (Å²) in [6, 6.07) is 14.6. The molecule has 0 unspecified atom stereocenters. The van der Waals surface area contributed by atoms with Crippen LogP contribution in [0.25, 0.3) is 5.69 Å². The van der Waals surface area contributed by atoms with E-state index in [0.717, 1.165) is 48.8 Å². The standard InChI is InChI=1S/C20H20FN3O/c1-25-17-9-2-14(3-10-17)4-11-19-18-12-13-22-20(18)24(23-19)16-7-5-15(21)6-8-16/h2-3,5-10,22H,4,11-13H2,1H3. The first kappa shape index (κ1) is 15.7. The summed E-state index contributed by atoms with van der Waals surface area (Å²) in [7, 11) is 1.67. The lowest BCUT2D eigenvalue weighted by Gasteiger charge is -2.06. The largest absolute Gasteiger partial charge is 0.497 e. The number of aryl methyl sites for hydroxylation is 2. The van der Waals surface area contributed by atoms with Crippen LogP contribution in [0.5, 0.6) is 5.75 Å². The Balaban J connectivity index is 1.57. The maximum Gasteiger partial charge on any atom is 0.133 e. The topological polar surface area (TPSA) is 39.1 Å². The van der Waals surface area contributed by atoms with E-state index >= 15 is 0 Å². The van der Waals surface area contributed by atoms with E-state index in [-0.39, 0.29) is 5.82 Å². The van der Waals surface area contributed by atoms with Gasteiger partial charge in [0.05, 0.1) is 18.5 Å². The summed E-state index contributed by atoms with van der Waals surface area (Å²) in [4.78, 5) is 0. The fourth-order valence-corrected chi connectivity index (χ4v) is 3.27. The molecule has 1 N–H and O–H groups in total. The molecule has 5 heteroatoms. The smallest absolute Gasteiger partial charge is 0.133 e. The van der Waals surface area contributed by atoms with E-state index in [1.165, 1.54) is 23.3 Å². The first-order valence-corrected chi connectivity index (χ1v) is 8.48. The zero-order chi connectivity index (χ0) is 17.2. The monoisotopic (exact) mass is 337 g/mol. The van der Waals surface area contributed by atoms with Crippen LogP contribution in [0.4, 0.5) is 10.2 Å². The van der Waals surface area contributed by atoms with Crippen LogP contribution in [0.3, 0.4) is 0 Å². The molecule has 0 amide bonds. The third-order valence-electron chi connectivity index (χ3n) is 4.61. The van der Waals surface area contributed by atoms with Gasteiger partial charge in [-0.25, -0.2) is 9.07 Å². The van der Waals surface area contributed by atoms with Gasteiger partial charge in [0.2, 0.25) is 0 Å². The highest BCUT2D eigenvalue weighted by Gasteiger charge is 2.22. The number of aromatic nitrogens is 2. The van der Waals surface area contributed by atoms with Crippen molar-refractivity contribution in [3.8, 4) is 11.4 Å². The molecule has 0 bridgehead atoms. The van der Waals surface area contributed by atoms with Crippen LogP contribution >= 0.6 is 0 Å². The van der Waals surface area contributed by atoms with Gasteiger partial charge in [0, 0.05) is 12.1 Å². The van der Waals surface area contributed by atoms with Gasteiger partial charge in [-0.2, -0.15) is 5.10 Å². The molecular weight excluding hydrogens is 317 g/mol. The number of hydrogen-bond acceptors (Lipinski definition) is 3. The summed E-state index contributed by atoms with van der Waals surface area (Å²) >= 11 is 0. The normalized spacial score (nSPS) is 12.7. The van der Waals surface area contributed by atoms with Gasteiger partial charge in [-0.1, -0.05) is 12.1 Å². The summed E-state index contributed by atoms with van der Waals surface area (Å²) in [5, 5.41) is 8.19. The van der Waals surface area contributed by atoms with Crippen molar-refractivity contribution in [1.82, 2.24) is 9.78 Å². The third-order valence-corrected chi connectivity index (χ3v) is 4.61. The quantitative estimate of drug-likeness (QED) is 0.770. The molecule has 3 aromatic rings. The van der Waals surface area contributed by atoms with Gasteiger partial charge in [-0.05, 0) is 61.2 Å². The van der Waals surface area contributed by atoms with Crippen molar-refractivity contribution in [3.05, 3.63) is 71.2 Å². The maximum atomic E-state index is 13.2. The molecule has 4 rings (SSSR count). The molecule has 25 heavy (non-hydrogen) atoms. The summed E-state index contributed by atoms with van der Waals surface area (Å²) in [5.41, 5.74) is 4.53. The Kier molecular flexibility index (Phi) is 4.14. The maximum absolute atomic E-state index is 13.2. The van der Waals surface area contributed by atoms with E-state index in [1.807, 2.05) is 16.8 Å². The first-order valence-electron chi connectivity index (χ1n) is 8.48. The van der Waals surface area contributed by atoms with Gasteiger partial charge >= 0.3 is 0 Å². The Morgan fingerprint density at radius 2 is 1.84 bits per heavy atom. The molecule has 0 atom stereocenters. The molecule has 128 valence electrons. The predicted octanol–water partition coefficient (Wildman–Crippen LogP) is 3.77. The highest BCUT2D eigenvalue weighted by molar-refractivity contribution is 5.57. The molecule has 1 aliphatic rings. The van der Waals surface area contributed by atoms with Crippen LogP contribution in [-0.2, 0) is 19.3 Å². The summed E-state index contributed by atoms with van der Waals surface area (Å²) in [6.07, 6.45) is 2.79. The Bertz CT molecular complexity index is 869. The van der Waals surface area contributed by atoms with Crippen molar-refractivity contribution in [2.45, 2.75) is 19.3 Å². The lowest BCUT2D eigenvalue weighted by atomic mass is 10.1. The number of anilines is 1. The summed E-state index contributed by atoms with van der Waals surface area (Å²) < 4.78 is 20.3. The lowest BCUT2D eigenvalue weighted by molar-refractivity contribution is 0.414. The van der Waals surface area contributed by atoms with Gasteiger partial charge in [-0.3, -0.25) is 0 Å². The van der Waals surface area contributed by atoms with Crippen LogP contribution in [0.2, 0.25) is 0 Å². The zero-order valence-electron chi connectivity index (χ0n) is 14.1. The van der Waals surface area contributed by atoms with E-state index in [4.69, 9.17) is 9.84 Å². The Morgan fingerprint density at radius 3 is 2.56 bits per heavy atom. The number of fused-ring (bicyclic) bond motifs is 1. The molecule has 1 aromatic heterocycles. The summed E-state index contributed by atoms with van der Waals surface area (Å²) in [6.45, 7) is 0.921. The minimum atomic E-state index is -0.236. The number of rotatable bonds is 5. The predicted molar refractivity (Wildman–Crippen MR) is 96.1 cm³/mol. The van der Waals surface area contributed by atoms with Crippen LogP contribution in [0, 0.1) is 5.82 Å². The highest BCUT2D eigenvalue weighted by Crippen LogP contribution is 2.29. The van der Waals surface area contributed by atoms with E-state index in [0.29, 0.717) is 0 Å². The Morgan fingerprint density at radius 1 is 1.08 bits per heavy atom. The summed E-state index contributed by atoms with van der Waals surface area (Å²) in [5.74, 6) is 1.67. The number of hydrogen-bond donors (Lipinski definition) is 1. The Hall–Kier alpha value is -2.82. The fourth-order valence-electron chi connectivity index (χ4n) is 3.27. The second-order valence-electron chi connectivity index (χ2n) is 6.19. The second kappa shape index (κ2) is 6.59. The molecule has 1 aliphatic heterocycles. The van der Waals surface area contributed by atoms with Gasteiger partial charge in [0.1, 0.15) is 17.4 Å². The van der Waals surface area contributed by atoms with Crippen molar-refractivity contribution < 1.29 is 9.13 Å². The highest BCUT2D eigenvalue weighted by atomic mass is 19.1. The molecule has 0 radical (unpaired) electrons.